The molecule has 0 aliphatic carbocycles. The Morgan fingerprint density at radius 2 is 1.47 bits per heavy atom. The van der Waals surface area contributed by atoms with Crippen LogP contribution in [0, 0.1) is 13.8 Å². The third-order valence-corrected chi connectivity index (χ3v) is 6.53. The van der Waals surface area contributed by atoms with Crippen molar-refractivity contribution >= 4 is 11.8 Å². The molecule has 0 radical (unpaired) electrons. The maximum absolute atomic E-state index is 13.4. The third-order valence-electron chi connectivity index (χ3n) is 6.53. The average molecular weight is 488 g/mol. The molecule has 0 unspecified atom stereocenters. The van der Waals surface area contributed by atoms with E-state index < -0.39 is 18.0 Å². The molecule has 6 nitrogen and oxygen atoms in total. The number of nitrogens with two attached hydrogens (primary N) is 2. The minimum atomic E-state index is -0.781. The summed E-state index contributed by atoms with van der Waals surface area (Å²) in [5.41, 5.74) is 17.3. The standard InChI is InChI=1S/C30H37N3O3/c1-21-17-26(36-20-25-13-8-5-9-14-25)18-22(2)27(21)19-28(31)30(35)33(23(3)29(32)34)16-10-15-24-11-6-4-7-12-24/h4-9,11-14,17-18,23,28H,10,15-16,19-20,31H2,1-3H3,(H2,32,34)/t23-,28+/m1/s1. The SMILES string of the molecule is Cc1cc(OCc2ccccc2)cc(C)c1C[C@H](N)C(=O)N(CCCc1ccccc1)[C@H](C)C(N)=O. The molecular weight excluding hydrogens is 450 g/mol. The molecule has 0 saturated heterocycles. The van der Waals surface area contributed by atoms with Crippen LogP contribution < -0.4 is 16.2 Å². The zero-order valence-corrected chi connectivity index (χ0v) is 21.4. The summed E-state index contributed by atoms with van der Waals surface area (Å²) in [6.07, 6.45) is 1.88. The van der Waals surface area contributed by atoms with Gasteiger partial charge in [-0.1, -0.05) is 60.7 Å². The van der Waals surface area contributed by atoms with E-state index in [0.717, 1.165) is 34.4 Å². The van der Waals surface area contributed by atoms with Crippen molar-refractivity contribution < 1.29 is 14.3 Å². The van der Waals surface area contributed by atoms with Gasteiger partial charge in [-0.15, -0.1) is 0 Å². The normalized spacial score (nSPS) is 12.6. The zero-order valence-electron chi connectivity index (χ0n) is 21.4. The van der Waals surface area contributed by atoms with Crippen LogP contribution in [0.2, 0.25) is 0 Å². The van der Waals surface area contributed by atoms with Crippen LogP contribution >= 0.6 is 0 Å². The van der Waals surface area contributed by atoms with E-state index >= 15 is 0 Å². The Balaban J connectivity index is 1.66. The molecule has 0 fully saturated rings. The number of amides is 2. The highest BCUT2D eigenvalue weighted by atomic mass is 16.5. The van der Waals surface area contributed by atoms with E-state index in [2.05, 4.69) is 0 Å². The largest absolute Gasteiger partial charge is 0.489 e. The minimum Gasteiger partial charge on any atom is -0.489 e. The predicted octanol–water partition coefficient (Wildman–Crippen LogP) is 4.09. The van der Waals surface area contributed by atoms with Crippen molar-refractivity contribution in [2.75, 3.05) is 6.54 Å². The monoisotopic (exact) mass is 487 g/mol. The van der Waals surface area contributed by atoms with Crippen LogP contribution in [0.1, 0.15) is 41.2 Å². The molecule has 0 saturated carbocycles. The first-order valence-electron chi connectivity index (χ1n) is 12.4. The Morgan fingerprint density at radius 3 is 2.03 bits per heavy atom. The number of nitrogens with zero attached hydrogens (tertiary/aromatic N) is 1. The van der Waals surface area contributed by atoms with Gasteiger partial charge < -0.3 is 21.1 Å². The maximum atomic E-state index is 13.4. The maximum Gasteiger partial charge on any atom is 0.240 e. The van der Waals surface area contributed by atoms with Crippen molar-refractivity contribution in [2.24, 2.45) is 11.5 Å². The summed E-state index contributed by atoms with van der Waals surface area (Å²) < 4.78 is 5.98. The molecule has 190 valence electrons. The zero-order chi connectivity index (χ0) is 26.1. The summed E-state index contributed by atoms with van der Waals surface area (Å²) in [6, 6.07) is 22.5. The van der Waals surface area contributed by atoms with Crippen LogP contribution in [0.5, 0.6) is 5.75 Å². The van der Waals surface area contributed by atoms with Gasteiger partial charge in [0.2, 0.25) is 11.8 Å². The van der Waals surface area contributed by atoms with Crippen LogP contribution in [0.4, 0.5) is 0 Å². The molecular formula is C30H37N3O3. The van der Waals surface area contributed by atoms with Crippen molar-refractivity contribution in [3.63, 3.8) is 0 Å². The van der Waals surface area contributed by atoms with Crippen molar-refractivity contribution in [2.45, 2.75) is 58.7 Å². The number of carbonyl (C=O) groups is 2. The van der Waals surface area contributed by atoms with E-state index in [1.807, 2.05) is 86.6 Å². The van der Waals surface area contributed by atoms with Gasteiger partial charge in [0.1, 0.15) is 18.4 Å². The second-order valence-corrected chi connectivity index (χ2v) is 9.32. The van der Waals surface area contributed by atoms with Gasteiger partial charge in [-0.25, -0.2) is 0 Å². The van der Waals surface area contributed by atoms with E-state index in [4.69, 9.17) is 16.2 Å². The number of hydrogen-bond acceptors (Lipinski definition) is 4. The molecule has 3 rings (SSSR count). The van der Waals surface area contributed by atoms with Gasteiger partial charge in [-0.3, -0.25) is 9.59 Å². The topological polar surface area (TPSA) is 98.7 Å². The Bertz CT molecular complexity index is 1130. The molecule has 2 amide bonds. The summed E-state index contributed by atoms with van der Waals surface area (Å²) in [6.45, 7) is 6.55. The number of benzene rings is 3. The van der Waals surface area contributed by atoms with E-state index in [-0.39, 0.29) is 5.91 Å². The molecule has 0 aliphatic rings. The Hall–Kier alpha value is -3.64. The highest BCUT2D eigenvalue weighted by Gasteiger charge is 2.28. The van der Waals surface area contributed by atoms with Crippen LogP contribution in [-0.2, 0) is 29.0 Å². The fourth-order valence-electron chi connectivity index (χ4n) is 4.37. The summed E-state index contributed by atoms with van der Waals surface area (Å²) in [5, 5.41) is 0. The van der Waals surface area contributed by atoms with Gasteiger partial charge in [-0.2, -0.15) is 0 Å². The van der Waals surface area contributed by atoms with Crippen molar-refractivity contribution in [1.29, 1.82) is 0 Å². The van der Waals surface area contributed by atoms with E-state index in [0.29, 0.717) is 26.0 Å². The molecule has 3 aromatic carbocycles. The van der Waals surface area contributed by atoms with Gasteiger partial charge in [0.05, 0.1) is 6.04 Å². The number of carbonyl (C=O) groups excluding carboxylic acids is 2. The van der Waals surface area contributed by atoms with Crippen LogP contribution in [0.15, 0.2) is 72.8 Å². The Kier molecular flexibility index (Phi) is 9.65. The number of hydrogen-bond donors (Lipinski definition) is 2. The van der Waals surface area contributed by atoms with E-state index in [9.17, 15) is 9.59 Å². The van der Waals surface area contributed by atoms with Crippen molar-refractivity contribution in [1.82, 2.24) is 4.90 Å². The first-order valence-corrected chi connectivity index (χ1v) is 12.4. The first-order chi connectivity index (χ1) is 17.3. The van der Waals surface area contributed by atoms with Gasteiger partial charge in [0, 0.05) is 6.54 Å². The molecule has 3 aromatic rings. The second kappa shape index (κ2) is 12.9. The lowest BCUT2D eigenvalue weighted by Crippen LogP contribution is -2.53. The quantitative estimate of drug-likeness (QED) is 0.402. The minimum absolute atomic E-state index is 0.266. The summed E-state index contributed by atoms with van der Waals surface area (Å²) >= 11 is 0. The van der Waals surface area contributed by atoms with Crippen LogP contribution in [0.3, 0.4) is 0 Å². The second-order valence-electron chi connectivity index (χ2n) is 9.32. The molecule has 4 N–H and O–H groups in total. The molecule has 0 heterocycles. The lowest BCUT2D eigenvalue weighted by atomic mass is 9.95. The fraction of sp³-hybridized carbons (Fsp3) is 0.333. The predicted molar refractivity (Wildman–Crippen MR) is 144 cm³/mol. The number of rotatable bonds is 12. The summed E-state index contributed by atoms with van der Waals surface area (Å²) in [4.78, 5) is 26.8. The van der Waals surface area contributed by atoms with Crippen LogP contribution in [0.25, 0.3) is 0 Å². The highest BCUT2D eigenvalue weighted by Crippen LogP contribution is 2.24. The fourth-order valence-corrected chi connectivity index (χ4v) is 4.37. The van der Waals surface area contributed by atoms with Gasteiger partial charge >= 0.3 is 0 Å². The van der Waals surface area contributed by atoms with Gasteiger partial charge in [0.15, 0.2) is 0 Å². The molecule has 0 spiro atoms. The lowest BCUT2D eigenvalue weighted by molar-refractivity contribution is -0.139. The molecule has 0 bridgehead atoms. The van der Waals surface area contributed by atoms with Crippen molar-refractivity contribution in [3.05, 3.63) is 101 Å². The molecule has 0 aliphatic heterocycles. The average Bonchev–Trinajstić information content (AvgIpc) is 2.88. The highest BCUT2D eigenvalue weighted by molar-refractivity contribution is 5.89. The molecule has 2 atom stereocenters. The molecule has 0 aromatic heterocycles. The first kappa shape index (κ1) is 27.0. The summed E-state index contributed by atoms with van der Waals surface area (Å²) in [7, 11) is 0. The molecule has 36 heavy (non-hydrogen) atoms. The van der Waals surface area contributed by atoms with Crippen molar-refractivity contribution in [3.8, 4) is 5.75 Å². The summed E-state index contributed by atoms with van der Waals surface area (Å²) in [5.74, 6) is -0.0255. The van der Waals surface area contributed by atoms with Crippen LogP contribution in [-0.4, -0.2) is 35.3 Å². The Morgan fingerprint density at radius 1 is 0.917 bits per heavy atom. The number of aryl methyl sites for hydroxylation is 3. The van der Waals surface area contributed by atoms with Gasteiger partial charge in [0.25, 0.3) is 0 Å². The van der Waals surface area contributed by atoms with Gasteiger partial charge in [-0.05, 0) is 80.0 Å². The van der Waals surface area contributed by atoms with E-state index in [1.165, 1.54) is 10.5 Å². The smallest absolute Gasteiger partial charge is 0.240 e. The Labute approximate surface area is 214 Å². The number of primary amides is 1. The lowest BCUT2D eigenvalue weighted by Gasteiger charge is -2.30. The molecule has 6 heteroatoms. The number of ether oxygens (including phenoxy) is 1. The third kappa shape index (κ3) is 7.43. The van der Waals surface area contributed by atoms with E-state index in [1.54, 1.807) is 6.92 Å².